The van der Waals surface area contributed by atoms with E-state index in [2.05, 4.69) is 12.0 Å². The van der Waals surface area contributed by atoms with Crippen molar-refractivity contribution in [1.29, 1.82) is 0 Å². The number of para-hydroxylation sites is 1. The molecular weight excluding hydrogens is 184 g/mol. The summed E-state index contributed by atoms with van der Waals surface area (Å²) in [5.74, 6) is 4.00. The average Bonchev–Trinajstić information content (AvgIpc) is 2.31. The van der Waals surface area contributed by atoms with Crippen LogP contribution in [0.4, 0.5) is 0 Å². The number of hydrogen-bond donors (Lipinski definition) is 0. The van der Waals surface area contributed by atoms with E-state index in [0.717, 1.165) is 11.3 Å². The van der Waals surface area contributed by atoms with E-state index in [1.807, 2.05) is 30.3 Å². The first kappa shape index (κ1) is 9.36. The third-order valence-corrected chi connectivity index (χ3v) is 1.95. The van der Waals surface area contributed by atoms with Gasteiger partial charge in [-0.15, -0.1) is 6.42 Å². The van der Waals surface area contributed by atoms with Gasteiger partial charge < -0.3 is 4.74 Å². The van der Waals surface area contributed by atoms with Crippen molar-refractivity contribution in [2.75, 3.05) is 0 Å². The number of rotatable bonds is 2. The van der Waals surface area contributed by atoms with Crippen LogP contribution in [0, 0.1) is 18.4 Å². The highest BCUT2D eigenvalue weighted by atomic mass is 16.5. The Hall–Kier alpha value is -2.20. The zero-order valence-corrected chi connectivity index (χ0v) is 8.10. The van der Waals surface area contributed by atoms with Gasteiger partial charge in [0, 0.05) is 0 Å². The van der Waals surface area contributed by atoms with E-state index in [1.165, 1.54) is 0 Å². The van der Waals surface area contributed by atoms with Gasteiger partial charge in [-0.2, -0.15) is 0 Å². The van der Waals surface area contributed by atoms with Crippen LogP contribution in [-0.4, -0.2) is 0 Å². The fourth-order valence-corrected chi connectivity index (χ4v) is 1.23. The van der Waals surface area contributed by atoms with Crippen molar-refractivity contribution in [2.24, 2.45) is 0 Å². The van der Waals surface area contributed by atoms with Crippen LogP contribution in [0.5, 0.6) is 11.5 Å². The molecular formula is C14H9O. The van der Waals surface area contributed by atoms with Gasteiger partial charge in [0.25, 0.3) is 0 Å². The van der Waals surface area contributed by atoms with Crippen molar-refractivity contribution in [1.82, 2.24) is 0 Å². The molecule has 1 nitrogen and oxygen atoms in total. The molecule has 2 aromatic rings. The first-order valence-corrected chi connectivity index (χ1v) is 4.60. The highest BCUT2D eigenvalue weighted by Crippen LogP contribution is 2.23. The molecule has 15 heavy (non-hydrogen) atoms. The lowest BCUT2D eigenvalue weighted by Crippen LogP contribution is -1.87. The maximum Gasteiger partial charge on any atom is 0.143 e. The first-order chi connectivity index (χ1) is 7.40. The molecule has 0 aliphatic rings. The number of ether oxygens (including phenoxy) is 1. The summed E-state index contributed by atoms with van der Waals surface area (Å²) < 4.78 is 5.63. The van der Waals surface area contributed by atoms with E-state index >= 15 is 0 Å². The first-order valence-electron chi connectivity index (χ1n) is 4.60. The van der Waals surface area contributed by atoms with Crippen LogP contribution in [0.2, 0.25) is 0 Å². The van der Waals surface area contributed by atoms with Crippen LogP contribution in [0.1, 0.15) is 5.56 Å². The van der Waals surface area contributed by atoms with Gasteiger partial charge >= 0.3 is 0 Å². The van der Waals surface area contributed by atoms with Gasteiger partial charge in [0.2, 0.25) is 0 Å². The monoisotopic (exact) mass is 193 g/mol. The molecule has 0 aliphatic heterocycles. The second-order valence-electron chi connectivity index (χ2n) is 2.98. The normalized spacial score (nSPS) is 9.27. The molecule has 1 heteroatoms. The molecule has 0 N–H and O–H groups in total. The van der Waals surface area contributed by atoms with E-state index in [-0.39, 0.29) is 0 Å². The molecule has 0 aromatic heterocycles. The Morgan fingerprint density at radius 2 is 1.93 bits per heavy atom. The van der Waals surface area contributed by atoms with Crippen molar-refractivity contribution >= 4 is 0 Å². The van der Waals surface area contributed by atoms with Gasteiger partial charge in [0.05, 0.1) is 5.56 Å². The summed E-state index contributed by atoms with van der Waals surface area (Å²) in [7, 11) is 0. The van der Waals surface area contributed by atoms with Gasteiger partial charge in [-0.05, 0) is 30.3 Å². The zero-order chi connectivity index (χ0) is 10.5. The number of terminal acetylenes is 1. The van der Waals surface area contributed by atoms with Crippen molar-refractivity contribution in [2.45, 2.75) is 0 Å². The standard InChI is InChI=1S/C14H9O/c1-2-12-8-6-7-11-14(12)15-13-9-4-3-5-10-13/h1,3-6,8-11H. The lowest BCUT2D eigenvalue weighted by atomic mass is 10.2. The van der Waals surface area contributed by atoms with Gasteiger partial charge in [-0.3, -0.25) is 0 Å². The molecule has 71 valence electrons. The van der Waals surface area contributed by atoms with E-state index in [0.29, 0.717) is 5.75 Å². The van der Waals surface area contributed by atoms with Gasteiger partial charge in [0.1, 0.15) is 11.5 Å². The maximum atomic E-state index is 5.63. The van der Waals surface area contributed by atoms with E-state index in [4.69, 9.17) is 11.2 Å². The zero-order valence-electron chi connectivity index (χ0n) is 8.10. The minimum atomic E-state index is 0.659. The molecule has 0 atom stereocenters. The summed E-state index contributed by atoms with van der Waals surface area (Å²) >= 11 is 0. The molecule has 0 aliphatic carbocycles. The Kier molecular flexibility index (Phi) is 2.71. The quantitative estimate of drug-likeness (QED) is 0.665. The smallest absolute Gasteiger partial charge is 0.143 e. The predicted molar refractivity (Wildman–Crippen MR) is 59.7 cm³/mol. The van der Waals surface area contributed by atoms with Gasteiger partial charge in [-0.1, -0.05) is 30.2 Å². The lowest BCUT2D eigenvalue weighted by molar-refractivity contribution is 0.481. The Balaban J connectivity index is 2.29. The third-order valence-electron chi connectivity index (χ3n) is 1.95. The number of hydrogen-bond acceptors (Lipinski definition) is 1. The largest absolute Gasteiger partial charge is 0.456 e. The summed E-state index contributed by atoms with van der Waals surface area (Å²) in [6, 6.07) is 17.8. The van der Waals surface area contributed by atoms with Crippen molar-refractivity contribution in [3.8, 4) is 23.8 Å². The second-order valence-corrected chi connectivity index (χ2v) is 2.98. The summed E-state index contributed by atoms with van der Waals surface area (Å²) in [6.45, 7) is 0. The molecule has 1 radical (unpaired) electrons. The van der Waals surface area contributed by atoms with E-state index < -0.39 is 0 Å². The van der Waals surface area contributed by atoms with Crippen molar-refractivity contribution < 1.29 is 4.74 Å². The van der Waals surface area contributed by atoms with Crippen LogP contribution in [-0.2, 0) is 0 Å². The Morgan fingerprint density at radius 1 is 1.13 bits per heavy atom. The molecule has 2 rings (SSSR count). The molecule has 0 heterocycles. The Bertz CT molecular complexity index is 480. The molecule has 0 amide bonds. The third kappa shape index (κ3) is 2.18. The molecule has 0 saturated carbocycles. The minimum absolute atomic E-state index is 0.659. The van der Waals surface area contributed by atoms with Gasteiger partial charge in [0.15, 0.2) is 0 Å². The average molecular weight is 193 g/mol. The Morgan fingerprint density at radius 3 is 2.67 bits per heavy atom. The van der Waals surface area contributed by atoms with Crippen LogP contribution in [0.25, 0.3) is 0 Å². The molecule has 0 bridgehead atoms. The number of benzene rings is 2. The lowest BCUT2D eigenvalue weighted by Gasteiger charge is -2.06. The van der Waals surface area contributed by atoms with Crippen molar-refractivity contribution in [3.63, 3.8) is 0 Å². The van der Waals surface area contributed by atoms with Crippen LogP contribution < -0.4 is 4.74 Å². The van der Waals surface area contributed by atoms with Crippen LogP contribution in [0.3, 0.4) is 0 Å². The second kappa shape index (κ2) is 4.34. The van der Waals surface area contributed by atoms with Crippen LogP contribution in [0.15, 0.2) is 48.5 Å². The maximum absolute atomic E-state index is 5.63. The molecule has 0 saturated heterocycles. The topological polar surface area (TPSA) is 9.23 Å². The molecule has 0 unspecified atom stereocenters. The summed E-state index contributed by atoms with van der Waals surface area (Å²) in [5, 5.41) is 0. The summed E-state index contributed by atoms with van der Waals surface area (Å²) in [4.78, 5) is 0. The van der Waals surface area contributed by atoms with E-state index in [9.17, 15) is 0 Å². The molecule has 2 aromatic carbocycles. The SMILES string of the molecule is C#Cc1cc[c]cc1Oc1ccccc1. The minimum Gasteiger partial charge on any atom is -0.456 e. The van der Waals surface area contributed by atoms with Crippen LogP contribution >= 0.6 is 0 Å². The Labute approximate surface area is 89.3 Å². The summed E-state index contributed by atoms with van der Waals surface area (Å²) in [5.41, 5.74) is 0.734. The highest BCUT2D eigenvalue weighted by molar-refractivity contribution is 5.46. The van der Waals surface area contributed by atoms with Crippen molar-refractivity contribution in [3.05, 3.63) is 60.2 Å². The molecule has 0 fully saturated rings. The fraction of sp³-hybridized carbons (Fsp3) is 0. The highest BCUT2D eigenvalue weighted by Gasteiger charge is 2.00. The predicted octanol–water partition coefficient (Wildman–Crippen LogP) is 3.26. The molecule has 0 spiro atoms. The van der Waals surface area contributed by atoms with Gasteiger partial charge in [-0.25, -0.2) is 0 Å². The van der Waals surface area contributed by atoms with E-state index in [1.54, 1.807) is 18.2 Å². The fourth-order valence-electron chi connectivity index (χ4n) is 1.23. The summed E-state index contributed by atoms with van der Waals surface area (Å²) in [6.07, 6.45) is 5.36.